The van der Waals surface area contributed by atoms with Gasteiger partial charge in [-0.2, -0.15) is 0 Å². The Morgan fingerprint density at radius 2 is 0.750 bits per heavy atom. The first-order valence-corrected chi connectivity index (χ1v) is 24.3. The van der Waals surface area contributed by atoms with Gasteiger partial charge in [0.05, 0.1) is 74.5 Å². The van der Waals surface area contributed by atoms with Crippen molar-refractivity contribution in [2.45, 2.75) is 226 Å². The highest BCUT2D eigenvalue weighted by atomic mass is 16.5. The van der Waals surface area contributed by atoms with Gasteiger partial charge in [-0.1, -0.05) is 125 Å². The van der Waals surface area contributed by atoms with E-state index >= 15 is 0 Å². The first-order chi connectivity index (χ1) is 28.9. The second kappa shape index (κ2) is 35.2. The van der Waals surface area contributed by atoms with Crippen LogP contribution in [-0.2, 0) is 38.1 Å². The lowest BCUT2D eigenvalue weighted by molar-refractivity contribution is -0.156. The van der Waals surface area contributed by atoms with E-state index in [9.17, 15) is 39.6 Å². The van der Waals surface area contributed by atoms with Crippen LogP contribution in [0.25, 0.3) is 0 Å². The molecule has 352 valence electrons. The molecule has 9 atom stereocenters. The van der Waals surface area contributed by atoms with Crippen LogP contribution in [0.4, 0.5) is 0 Å². The van der Waals surface area contributed by atoms with Crippen LogP contribution < -0.4 is 0 Å². The van der Waals surface area contributed by atoms with E-state index in [0.29, 0.717) is 32.3 Å². The van der Waals surface area contributed by atoms with Crippen molar-refractivity contribution >= 4 is 23.9 Å². The smallest absolute Gasteiger partial charge is 0.311 e. The van der Waals surface area contributed by atoms with Gasteiger partial charge >= 0.3 is 23.9 Å². The zero-order valence-electron chi connectivity index (χ0n) is 38.5. The van der Waals surface area contributed by atoms with Gasteiger partial charge in [-0.3, -0.25) is 19.2 Å². The molecule has 0 radical (unpaired) electrons. The maximum absolute atomic E-state index is 11.9. The molecule has 0 aromatic carbocycles. The van der Waals surface area contributed by atoms with Gasteiger partial charge in [0.2, 0.25) is 0 Å². The Balaban J connectivity index is 0.000000403. The van der Waals surface area contributed by atoms with Crippen LogP contribution in [0.1, 0.15) is 202 Å². The molecule has 60 heavy (non-hydrogen) atoms. The van der Waals surface area contributed by atoms with Crippen molar-refractivity contribution in [2.75, 3.05) is 26.4 Å². The maximum Gasteiger partial charge on any atom is 0.311 e. The van der Waals surface area contributed by atoms with Crippen LogP contribution in [0.15, 0.2) is 0 Å². The van der Waals surface area contributed by atoms with Crippen LogP contribution in [0, 0.1) is 29.6 Å². The Labute approximate surface area is 363 Å². The number of rotatable bonds is 19. The maximum atomic E-state index is 11.9. The third-order valence-electron chi connectivity index (χ3n) is 12.3. The fraction of sp³-hybridized carbons (Fsp3) is 0.917. The topological polar surface area (TPSA) is 186 Å². The van der Waals surface area contributed by atoms with E-state index in [1.807, 2.05) is 6.92 Å². The van der Waals surface area contributed by atoms with Crippen LogP contribution in [0.2, 0.25) is 0 Å². The van der Waals surface area contributed by atoms with Crippen molar-refractivity contribution in [3.63, 3.8) is 0 Å². The lowest BCUT2D eigenvalue weighted by Gasteiger charge is -2.26. The molecule has 0 aromatic heterocycles. The minimum Gasteiger partial charge on any atom is -0.465 e. The average Bonchev–Trinajstić information content (AvgIpc) is 3.25. The molecule has 12 nitrogen and oxygen atoms in total. The van der Waals surface area contributed by atoms with Crippen LogP contribution in [-0.4, -0.2) is 95.1 Å². The van der Waals surface area contributed by atoms with E-state index in [-0.39, 0.29) is 47.5 Å². The summed E-state index contributed by atoms with van der Waals surface area (Å²) in [5.41, 5.74) is 0. The fourth-order valence-electron chi connectivity index (χ4n) is 8.12. The summed E-state index contributed by atoms with van der Waals surface area (Å²) >= 11 is 0. The first kappa shape index (κ1) is 55.7. The van der Waals surface area contributed by atoms with E-state index in [0.717, 1.165) is 154 Å². The monoisotopic (exact) mass is 857 g/mol. The summed E-state index contributed by atoms with van der Waals surface area (Å²) in [7, 11) is 0. The minimum absolute atomic E-state index is 0.183. The van der Waals surface area contributed by atoms with Crippen molar-refractivity contribution in [2.24, 2.45) is 29.6 Å². The summed E-state index contributed by atoms with van der Waals surface area (Å²) in [6, 6.07) is 0. The molecule has 0 aliphatic heterocycles. The van der Waals surface area contributed by atoms with Crippen LogP contribution in [0.5, 0.6) is 0 Å². The number of carbonyl (C=O) groups is 4. The molecule has 0 spiro atoms. The number of aliphatic hydroxyl groups is 4. The van der Waals surface area contributed by atoms with Crippen LogP contribution in [0.3, 0.4) is 0 Å². The highest BCUT2D eigenvalue weighted by molar-refractivity contribution is 5.74. The third kappa shape index (κ3) is 23.8. The quantitative estimate of drug-likeness (QED) is 0.0550. The second-order valence-electron chi connectivity index (χ2n) is 17.4. The van der Waals surface area contributed by atoms with Gasteiger partial charge in [0.25, 0.3) is 0 Å². The Hall–Kier alpha value is -2.28. The molecule has 0 bridgehead atoms. The molecule has 0 aromatic rings. The zero-order chi connectivity index (χ0) is 44.5. The van der Waals surface area contributed by atoms with Crippen molar-refractivity contribution in [3.05, 3.63) is 0 Å². The highest BCUT2D eigenvalue weighted by Crippen LogP contribution is 2.28. The molecule has 4 fully saturated rings. The average molecular weight is 857 g/mol. The van der Waals surface area contributed by atoms with E-state index in [2.05, 4.69) is 27.7 Å². The van der Waals surface area contributed by atoms with Crippen LogP contribution >= 0.6 is 0 Å². The van der Waals surface area contributed by atoms with E-state index < -0.39 is 24.4 Å². The molecule has 0 amide bonds. The summed E-state index contributed by atoms with van der Waals surface area (Å²) in [4.78, 5) is 46.4. The predicted octanol–water partition coefficient (Wildman–Crippen LogP) is 8.94. The largest absolute Gasteiger partial charge is 0.465 e. The van der Waals surface area contributed by atoms with Crippen molar-refractivity contribution in [1.82, 2.24) is 0 Å². The molecule has 9 unspecified atom stereocenters. The standard InChI is InChI=1S/C15H28O3.C12H22O3.C11H20O3.C10H18O3/c1-3-5-8-12(4-2)11-18-15(17)13-9-6-7-10-14(13)16;1-2-3-6-9-15-12(14)10-7-4-5-8-11(10)13;1-2-3-8-14-11(13)9-6-4-5-7-10(9)12;1-2-7-13-10(12)8-5-3-4-6-9(8)11/h12-14,16H,3-11H2,1-2H3;10-11,13H,2-9H2,1H3;9-10,12H,2-8H2,1H3;8-9,11H,2-7H2,1H3. The molecule has 4 saturated carbocycles. The predicted molar refractivity (Wildman–Crippen MR) is 234 cm³/mol. The first-order valence-electron chi connectivity index (χ1n) is 24.3. The highest BCUT2D eigenvalue weighted by Gasteiger charge is 2.33. The molecule has 4 aliphatic rings. The number of unbranched alkanes of at least 4 members (excludes halogenated alkanes) is 4. The second-order valence-corrected chi connectivity index (χ2v) is 17.4. The minimum atomic E-state index is -0.484. The number of aliphatic hydroxyl groups excluding tert-OH is 4. The number of esters is 4. The number of hydrogen-bond donors (Lipinski definition) is 4. The van der Waals surface area contributed by atoms with Gasteiger partial charge in [0, 0.05) is 0 Å². The zero-order valence-corrected chi connectivity index (χ0v) is 38.5. The molecular formula is C48H88O12. The summed E-state index contributed by atoms with van der Waals surface area (Å²) in [6.07, 6.45) is 23.0. The molecule has 0 heterocycles. The molecule has 0 saturated heterocycles. The third-order valence-corrected chi connectivity index (χ3v) is 12.3. The van der Waals surface area contributed by atoms with Gasteiger partial charge in [0.1, 0.15) is 0 Å². The fourth-order valence-corrected chi connectivity index (χ4v) is 8.12. The summed E-state index contributed by atoms with van der Waals surface area (Å²) in [5, 5.41) is 38.6. The molecule has 4 N–H and O–H groups in total. The number of ether oxygens (including phenoxy) is 4. The van der Waals surface area contributed by atoms with Crippen molar-refractivity contribution < 1.29 is 58.6 Å². The van der Waals surface area contributed by atoms with Gasteiger partial charge in [-0.15, -0.1) is 0 Å². The van der Waals surface area contributed by atoms with E-state index in [4.69, 9.17) is 18.9 Å². The van der Waals surface area contributed by atoms with Crippen molar-refractivity contribution in [1.29, 1.82) is 0 Å². The Morgan fingerprint density at radius 3 is 1.08 bits per heavy atom. The van der Waals surface area contributed by atoms with E-state index in [1.165, 1.54) is 12.8 Å². The number of carbonyl (C=O) groups excluding carboxylic acids is 4. The molecule has 4 aliphatic carbocycles. The Bertz CT molecular complexity index is 1120. The SMILES string of the molecule is CCCCC(CC)COC(=O)C1CCCCC1O.CCCCCOC(=O)C1CCCCC1O.CCCCOC(=O)C1CCCCC1O.CCCOC(=O)C1CCCCC1O. The number of hydrogen-bond acceptors (Lipinski definition) is 12. The van der Waals surface area contributed by atoms with Crippen molar-refractivity contribution in [3.8, 4) is 0 Å². The van der Waals surface area contributed by atoms with Gasteiger partial charge in [-0.25, -0.2) is 0 Å². The summed E-state index contributed by atoms with van der Waals surface area (Å²) in [5.74, 6) is -1.38. The lowest BCUT2D eigenvalue weighted by Crippen LogP contribution is -2.33. The lowest BCUT2D eigenvalue weighted by atomic mass is 9.86. The molecule has 12 heteroatoms. The Morgan fingerprint density at radius 1 is 0.417 bits per heavy atom. The van der Waals surface area contributed by atoms with Gasteiger partial charge in [-0.05, 0) is 83.0 Å². The van der Waals surface area contributed by atoms with Gasteiger partial charge < -0.3 is 39.4 Å². The summed E-state index contributed by atoms with van der Waals surface area (Å²) in [6.45, 7) is 12.5. The van der Waals surface area contributed by atoms with E-state index in [1.54, 1.807) is 0 Å². The normalized spacial score (nSPS) is 26.8. The molecule has 4 rings (SSSR count). The Kier molecular flexibility index (Phi) is 32.7. The summed E-state index contributed by atoms with van der Waals surface area (Å²) < 4.78 is 20.7. The molecular weight excluding hydrogens is 769 g/mol. The van der Waals surface area contributed by atoms with Gasteiger partial charge in [0.15, 0.2) is 0 Å².